The van der Waals surface area contributed by atoms with E-state index in [2.05, 4.69) is 0 Å². The number of phenolic OH excluding ortho intramolecular Hbond substituents is 1. The Morgan fingerprint density at radius 2 is 1.85 bits per heavy atom. The van der Waals surface area contributed by atoms with Crippen molar-refractivity contribution in [2.75, 3.05) is 7.11 Å². The molecule has 0 spiro atoms. The second-order valence-corrected chi connectivity index (χ2v) is 4.76. The number of hydrogen-bond acceptors (Lipinski definition) is 4. The fourth-order valence-corrected chi connectivity index (χ4v) is 2.61. The third kappa shape index (κ3) is 1.51. The molecular weight excluding hydrogens is 256 g/mol. The Labute approximate surface area is 115 Å². The second-order valence-electron chi connectivity index (χ2n) is 4.76. The summed E-state index contributed by atoms with van der Waals surface area (Å²) in [5, 5.41) is 11.0. The van der Waals surface area contributed by atoms with Crippen molar-refractivity contribution in [2.24, 2.45) is 0 Å². The van der Waals surface area contributed by atoms with E-state index >= 15 is 0 Å². The predicted molar refractivity (Wildman–Crippen MR) is 77.7 cm³/mol. The van der Waals surface area contributed by atoms with Gasteiger partial charge in [0.1, 0.15) is 28.1 Å². The summed E-state index contributed by atoms with van der Waals surface area (Å²) in [5.41, 5.74) is 1.89. The van der Waals surface area contributed by atoms with Crippen molar-refractivity contribution in [2.45, 2.75) is 13.8 Å². The molecule has 0 aliphatic heterocycles. The summed E-state index contributed by atoms with van der Waals surface area (Å²) in [7, 11) is 1.53. The third-order valence-electron chi connectivity index (χ3n) is 3.62. The molecule has 3 rings (SSSR count). The molecule has 1 heterocycles. The molecule has 1 N–H and O–H groups in total. The molecule has 0 amide bonds. The van der Waals surface area contributed by atoms with Crippen molar-refractivity contribution in [1.29, 1.82) is 0 Å². The van der Waals surface area contributed by atoms with Crippen LogP contribution in [0.5, 0.6) is 11.5 Å². The Morgan fingerprint density at radius 1 is 1.15 bits per heavy atom. The number of para-hydroxylation sites is 1. The van der Waals surface area contributed by atoms with Gasteiger partial charge in [0.25, 0.3) is 0 Å². The lowest BCUT2D eigenvalue weighted by Gasteiger charge is -2.13. The standard InChI is InChI=1S/C16H14O4/c1-8-13(17)12-14(18)10-6-4-5-7-11(10)20-16(12)9(2)15(8)19-3/h4-7,17H,1-3H3. The summed E-state index contributed by atoms with van der Waals surface area (Å²) in [5.74, 6) is 0.454. The third-order valence-corrected chi connectivity index (χ3v) is 3.62. The molecular formula is C16H14O4. The largest absolute Gasteiger partial charge is 0.507 e. The molecule has 4 nitrogen and oxygen atoms in total. The molecule has 1 aromatic heterocycles. The van der Waals surface area contributed by atoms with Crippen LogP contribution in [-0.2, 0) is 0 Å². The summed E-state index contributed by atoms with van der Waals surface area (Å²) in [6.45, 7) is 3.53. The quantitative estimate of drug-likeness (QED) is 0.689. The Hall–Kier alpha value is -2.49. The number of fused-ring (bicyclic) bond motifs is 2. The van der Waals surface area contributed by atoms with E-state index in [1.165, 1.54) is 7.11 Å². The van der Waals surface area contributed by atoms with E-state index in [9.17, 15) is 9.90 Å². The number of methoxy groups -OCH3 is 1. The molecule has 0 aliphatic rings. The highest BCUT2D eigenvalue weighted by Crippen LogP contribution is 2.38. The highest BCUT2D eigenvalue weighted by atomic mass is 16.5. The number of aryl methyl sites for hydroxylation is 1. The summed E-state index contributed by atoms with van der Waals surface area (Å²) >= 11 is 0. The van der Waals surface area contributed by atoms with Gasteiger partial charge in [-0.3, -0.25) is 4.79 Å². The molecule has 0 saturated carbocycles. The van der Waals surface area contributed by atoms with Crippen LogP contribution in [0.1, 0.15) is 11.1 Å². The average Bonchev–Trinajstić information content (AvgIpc) is 2.45. The summed E-state index contributed by atoms with van der Waals surface area (Å²) in [4.78, 5) is 12.6. The number of rotatable bonds is 1. The van der Waals surface area contributed by atoms with Crippen LogP contribution in [0.2, 0.25) is 0 Å². The highest BCUT2D eigenvalue weighted by molar-refractivity contribution is 5.96. The Balaban J connectivity index is 2.66. The predicted octanol–water partition coefficient (Wildman–Crippen LogP) is 3.28. The maximum absolute atomic E-state index is 12.6. The zero-order valence-corrected chi connectivity index (χ0v) is 11.5. The van der Waals surface area contributed by atoms with Crippen LogP contribution >= 0.6 is 0 Å². The average molecular weight is 270 g/mol. The van der Waals surface area contributed by atoms with Crippen molar-refractivity contribution in [3.8, 4) is 11.5 Å². The van der Waals surface area contributed by atoms with Crippen molar-refractivity contribution in [1.82, 2.24) is 0 Å². The van der Waals surface area contributed by atoms with Crippen molar-refractivity contribution in [3.63, 3.8) is 0 Å². The summed E-state index contributed by atoms with van der Waals surface area (Å²) < 4.78 is 11.1. The number of phenols is 1. The first kappa shape index (κ1) is 12.5. The Bertz CT molecular complexity index is 890. The second kappa shape index (κ2) is 4.27. The van der Waals surface area contributed by atoms with Gasteiger partial charge in [-0.05, 0) is 26.0 Å². The van der Waals surface area contributed by atoms with Crippen LogP contribution in [0.25, 0.3) is 21.9 Å². The van der Waals surface area contributed by atoms with Gasteiger partial charge < -0.3 is 14.3 Å². The van der Waals surface area contributed by atoms with Gasteiger partial charge in [0.05, 0.1) is 12.5 Å². The monoisotopic (exact) mass is 270 g/mol. The Kier molecular flexibility index (Phi) is 2.67. The molecule has 4 heteroatoms. The molecule has 0 atom stereocenters. The molecule has 0 aliphatic carbocycles. The zero-order valence-electron chi connectivity index (χ0n) is 11.5. The van der Waals surface area contributed by atoms with E-state index in [0.29, 0.717) is 33.4 Å². The minimum absolute atomic E-state index is 0.0815. The van der Waals surface area contributed by atoms with Gasteiger partial charge in [0, 0.05) is 11.1 Å². The van der Waals surface area contributed by atoms with E-state index in [-0.39, 0.29) is 16.6 Å². The fraction of sp³-hybridized carbons (Fsp3) is 0.188. The molecule has 0 radical (unpaired) electrons. The molecule has 102 valence electrons. The molecule has 2 aromatic carbocycles. The molecule has 20 heavy (non-hydrogen) atoms. The first-order chi connectivity index (χ1) is 9.56. The van der Waals surface area contributed by atoms with Crippen LogP contribution in [-0.4, -0.2) is 12.2 Å². The maximum atomic E-state index is 12.6. The number of benzene rings is 2. The van der Waals surface area contributed by atoms with E-state index in [4.69, 9.17) is 9.15 Å². The first-order valence-electron chi connectivity index (χ1n) is 6.28. The molecule has 0 bridgehead atoms. The lowest BCUT2D eigenvalue weighted by atomic mass is 10.0. The first-order valence-corrected chi connectivity index (χ1v) is 6.28. The zero-order chi connectivity index (χ0) is 14.4. The lowest BCUT2D eigenvalue weighted by Crippen LogP contribution is -2.05. The SMILES string of the molecule is COc1c(C)c(O)c2c(=O)c3ccccc3oc2c1C. The van der Waals surface area contributed by atoms with Crippen LogP contribution in [0.4, 0.5) is 0 Å². The van der Waals surface area contributed by atoms with Gasteiger partial charge in [-0.25, -0.2) is 0 Å². The summed E-state index contributed by atoms with van der Waals surface area (Å²) in [6.07, 6.45) is 0. The van der Waals surface area contributed by atoms with Gasteiger partial charge in [-0.15, -0.1) is 0 Å². The highest BCUT2D eigenvalue weighted by Gasteiger charge is 2.20. The van der Waals surface area contributed by atoms with Crippen molar-refractivity contribution in [3.05, 3.63) is 45.6 Å². The van der Waals surface area contributed by atoms with Gasteiger partial charge in [0.2, 0.25) is 5.43 Å². The number of ether oxygens (including phenoxy) is 1. The van der Waals surface area contributed by atoms with Crippen LogP contribution in [0, 0.1) is 13.8 Å². The van der Waals surface area contributed by atoms with Crippen LogP contribution in [0.3, 0.4) is 0 Å². The molecule has 0 fully saturated rings. The smallest absolute Gasteiger partial charge is 0.204 e. The lowest BCUT2D eigenvalue weighted by molar-refractivity contribution is 0.400. The molecule has 0 unspecified atom stereocenters. The molecule has 3 aromatic rings. The van der Waals surface area contributed by atoms with Gasteiger partial charge in [0.15, 0.2) is 0 Å². The Morgan fingerprint density at radius 3 is 2.55 bits per heavy atom. The van der Waals surface area contributed by atoms with E-state index < -0.39 is 0 Å². The van der Waals surface area contributed by atoms with Crippen molar-refractivity contribution < 1.29 is 14.3 Å². The van der Waals surface area contributed by atoms with Gasteiger partial charge >= 0.3 is 0 Å². The molecule has 0 saturated heterocycles. The van der Waals surface area contributed by atoms with E-state index in [1.807, 2.05) is 6.92 Å². The normalized spacial score (nSPS) is 11.2. The fourth-order valence-electron chi connectivity index (χ4n) is 2.61. The number of aromatic hydroxyl groups is 1. The van der Waals surface area contributed by atoms with Crippen LogP contribution < -0.4 is 10.2 Å². The van der Waals surface area contributed by atoms with Crippen LogP contribution in [0.15, 0.2) is 33.5 Å². The maximum Gasteiger partial charge on any atom is 0.204 e. The topological polar surface area (TPSA) is 59.7 Å². The minimum Gasteiger partial charge on any atom is -0.507 e. The van der Waals surface area contributed by atoms with Gasteiger partial charge in [-0.2, -0.15) is 0 Å². The van der Waals surface area contributed by atoms with E-state index in [1.54, 1.807) is 31.2 Å². The van der Waals surface area contributed by atoms with E-state index in [0.717, 1.165) is 0 Å². The van der Waals surface area contributed by atoms with Gasteiger partial charge in [-0.1, -0.05) is 12.1 Å². The minimum atomic E-state index is -0.229. The van der Waals surface area contributed by atoms with Crippen molar-refractivity contribution >= 4 is 21.9 Å². The summed E-state index contributed by atoms with van der Waals surface area (Å²) in [6, 6.07) is 7.00. The number of hydrogen-bond donors (Lipinski definition) is 1.